The van der Waals surface area contributed by atoms with Gasteiger partial charge in [0.2, 0.25) is 0 Å². The predicted octanol–water partition coefficient (Wildman–Crippen LogP) is 12.4. The first-order chi connectivity index (χ1) is 32.6. The number of carboxylic acid groups (broad SMARTS) is 1. The number of rotatable bonds is 43. The van der Waals surface area contributed by atoms with Crippen LogP contribution < -0.4 is 0 Å². The molecule has 67 heavy (non-hydrogen) atoms. The summed E-state index contributed by atoms with van der Waals surface area (Å²) in [6.45, 7) is 5.75. The Morgan fingerprint density at radius 1 is 0.507 bits per heavy atom. The van der Waals surface area contributed by atoms with Crippen LogP contribution in [-0.2, 0) is 42.9 Å². The van der Waals surface area contributed by atoms with Gasteiger partial charge in [-0.2, -0.15) is 0 Å². The summed E-state index contributed by atoms with van der Waals surface area (Å²) in [6.07, 6.45) is 39.3. The third-order valence-corrected chi connectivity index (χ3v) is 11.5. The van der Waals surface area contributed by atoms with Crippen LogP contribution in [0.1, 0.15) is 213 Å². The average molecular weight is 945 g/mol. The summed E-state index contributed by atoms with van der Waals surface area (Å²) in [7, 11) is 0. The molecule has 1 fully saturated rings. The molecule has 3 N–H and O–H groups in total. The van der Waals surface area contributed by atoms with Gasteiger partial charge in [-0.05, 0) is 96.3 Å². The van der Waals surface area contributed by atoms with E-state index in [2.05, 4.69) is 81.5 Å². The summed E-state index contributed by atoms with van der Waals surface area (Å²) in [5.41, 5.74) is 0. The number of carbonyl (C=O) groups is 4. The van der Waals surface area contributed by atoms with Gasteiger partial charge in [0.1, 0.15) is 18.8 Å². The van der Waals surface area contributed by atoms with Crippen molar-refractivity contribution in [3.05, 3.63) is 60.8 Å². The Morgan fingerprint density at radius 3 is 1.51 bits per heavy atom. The molecule has 6 unspecified atom stereocenters. The van der Waals surface area contributed by atoms with Gasteiger partial charge in [-0.15, -0.1) is 0 Å². The number of aliphatic carboxylic acids is 1. The number of hydrogen-bond donors (Lipinski definition) is 3. The number of unbranched alkanes of at least 4 members (excludes halogenated alkanes) is 19. The Labute approximate surface area is 405 Å². The first-order valence-electron chi connectivity index (χ1n) is 26.3. The van der Waals surface area contributed by atoms with Crippen LogP contribution in [0.5, 0.6) is 0 Å². The van der Waals surface area contributed by atoms with Crippen LogP contribution >= 0.6 is 0 Å². The van der Waals surface area contributed by atoms with Gasteiger partial charge in [0.25, 0.3) is 0 Å². The van der Waals surface area contributed by atoms with E-state index < -0.39 is 67.3 Å². The molecule has 12 heteroatoms. The van der Waals surface area contributed by atoms with Gasteiger partial charge in [-0.3, -0.25) is 14.4 Å². The first-order valence-corrected chi connectivity index (χ1v) is 26.3. The van der Waals surface area contributed by atoms with E-state index in [9.17, 15) is 34.5 Å². The van der Waals surface area contributed by atoms with Gasteiger partial charge >= 0.3 is 23.9 Å². The van der Waals surface area contributed by atoms with Crippen molar-refractivity contribution in [3.8, 4) is 0 Å². The van der Waals surface area contributed by atoms with E-state index in [4.69, 9.17) is 23.7 Å². The smallest absolute Gasteiger partial charge is 0.335 e. The Kier molecular flexibility index (Phi) is 40.1. The molecule has 0 aromatic rings. The van der Waals surface area contributed by atoms with Gasteiger partial charge in [-0.25, -0.2) is 4.79 Å². The van der Waals surface area contributed by atoms with Crippen molar-refractivity contribution in [2.75, 3.05) is 13.2 Å². The van der Waals surface area contributed by atoms with Crippen molar-refractivity contribution >= 4 is 23.9 Å². The van der Waals surface area contributed by atoms with Crippen molar-refractivity contribution in [3.63, 3.8) is 0 Å². The second kappa shape index (κ2) is 43.7. The Balaban J connectivity index is 2.76. The Hall–Kier alpha value is -3.58. The lowest BCUT2D eigenvalue weighted by atomic mass is 9.98. The lowest BCUT2D eigenvalue weighted by molar-refractivity contribution is -0.301. The normalized spacial score (nSPS) is 19.3. The molecule has 1 rings (SSSR count). The largest absolute Gasteiger partial charge is 0.479 e. The van der Waals surface area contributed by atoms with Crippen LogP contribution in [0, 0.1) is 0 Å². The predicted molar refractivity (Wildman–Crippen MR) is 266 cm³/mol. The number of ether oxygens (including phenoxy) is 5. The van der Waals surface area contributed by atoms with Crippen LogP contribution in [0.2, 0.25) is 0 Å². The zero-order valence-electron chi connectivity index (χ0n) is 41.9. The fraction of sp³-hybridized carbons (Fsp3) is 0.745. The van der Waals surface area contributed by atoms with E-state index in [1.165, 1.54) is 38.5 Å². The molecule has 0 aromatic carbocycles. The van der Waals surface area contributed by atoms with Gasteiger partial charge in [0.05, 0.1) is 6.61 Å². The molecule has 1 aliphatic rings. The van der Waals surface area contributed by atoms with Crippen LogP contribution in [0.4, 0.5) is 0 Å². The van der Waals surface area contributed by atoms with E-state index in [1.54, 1.807) is 0 Å². The van der Waals surface area contributed by atoms with E-state index in [1.807, 2.05) is 0 Å². The highest BCUT2D eigenvalue weighted by Gasteiger charge is 2.50. The molecule has 0 saturated carbocycles. The van der Waals surface area contributed by atoms with E-state index >= 15 is 0 Å². The topological polar surface area (TPSA) is 175 Å². The minimum absolute atomic E-state index is 0.0457. The van der Waals surface area contributed by atoms with Crippen LogP contribution in [0.15, 0.2) is 60.8 Å². The number of aliphatic hydroxyl groups is 2. The van der Waals surface area contributed by atoms with E-state index in [0.29, 0.717) is 19.3 Å². The highest BCUT2D eigenvalue weighted by atomic mass is 16.7. The quantitative estimate of drug-likeness (QED) is 0.0229. The number of esters is 3. The van der Waals surface area contributed by atoms with Gasteiger partial charge < -0.3 is 39.0 Å². The molecule has 0 bridgehead atoms. The standard InChI is InChI=1S/C55H92O12/c1-4-7-10-13-16-19-22-24-27-29-32-35-38-41-47(56)63-44-46(65-48(57)42-39-36-33-30-26-21-18-15-12-9-6-3)45-64-55-53(51(60)50(59)52(67-55)54(61)62)66-49(58)43-40-37-34-31-28-25-23-20-17-14-11-8-5-2/h7,10,15-16,18-20,23-24,27,46,50-53,55,59-60H,4-6,8-9,11-14,17,21-22,25-26,28-45H2,1-3H3,(H,61,62)/b10-7-,18-15-,19-16-,23-20-,27-24-. The molecule has 0 spiro atoms. The Morgan fingerprint density at radius 2 is 0.955 bits per heavy atom. The van der Waals surface area contributed by atoms with Crippen LogP contribution in [0.3, 0.4) is 0 Å². The average Bonchev–Trinajstić information content (AvgIpc) is 3.31. The number of carboxylic acids is 1. The van der Waals surface area contributed by atoms with E-state index in [0.717, 1.165) is 116 Å². The molecular formula is C55H92O12. The first kappa shape index (κ1) is 61.4. The number of aliphatic hydroxyl groups excluding tert-OH is 2. The summed E-state index contributed by atoms with van der Waals surface area (Å²) < 4.78 is 28.2. The minimum atomic E-state index is -1.91. The third kappa shape index (κ3) is 34.4. The molecule has 12 nitrogen and oxygen atoms in total. The summed E-state index contributed by atoms with van der Waals surface area (Å²) in [6, 6.07) is 0. The lowest BCUT2D eigenvalue weighted by Crippen LogP contribution is -2.61. The minimum Gasteiger partial charge on any atom is -0.479 e. The maximum absolute atomic E-state index is 13.0. The fourth-order valence-electron chi connectivity index (χ4n) is 7.47. The maximum Gasteiger partial charge on any atom is 0.335 e. The molecule has 1 heterocycles. The third-order valence-electron chi connectivity index (χ3n) is 11.5. The number of carbonyl (C=O) groups excluding carboxylic acids is 3. The highest BCUT2D eigenvalue weighted by Crippen LogP contribution is 2.26. The molecule has 0 radical (unpaired) electrons. The summed E-state index contributed by atoms with van der Waals surface area (Å²) in [5.74, 6) is -3.19. The molecule has 0 aliphatic carbocycles. The van der Waals surface area contributed by atoms with Gasteiger partial charge in [-0.1, -0.05) is 159 Å². The molecule has 1 saturated heterocycles. The molecular weight excluding hydrogens is 853 g/mol. The van der Waals surface area contributed by atoms with Crippen molar-refractivity contribution < 1.29 is 58.2 Å². The van der Waals surface area contributed by atoms with Crippen LogP contribution in [-0.4, -0.2) is 89.2 Å². The van der Waals surface area contributed by atoms with Gasteiger partial charge in [0.15, 0.2) is 24.6 Å². The summed E-state index contributed by atoms with van der Waals surface area (Å²) >= 11 is 0. The second-order valence-electron chi connectivity index (χ2n) is 17.8. The summed E-state index contributed by atoms with van der Waals surface area (Å²) in [5, 5.41) is 31.3. The van der Waals surface area contributed by atoms with Crippen molar-refractivity contribution in [1.82, 2.24) is 0 Å². The lowest BCUT2D eigenvalue weighted by Gasteiger charge is -2.40. The van der Waals surface area contributed by atoms with Gasteiger partial charge in [0, 0.05) is 19.3 Å². The second-order valence-corrected chi connectivity index (χ2v) is 17.8. The Bertz CT molecular complexity index is 1400. The number of hydrogen-bond acceptors (Lipinski definition) is 11. The zero-order chi connectivity index (χ0) is 49.0. The van der Waals surface area contributed by atoms with Crippen molar-refractivity contribution in [2.24, 2.45) is 0 Å². The summed E-state index contributed by atoms with van der Waals surface area (Å²) in [4.78, 5) is 50.8. The molecule has 1 aliphatic heterocycles. The fourth-order valence-corrected chi connectivity index (χ4v) is 7.47. The molecule has 0 aromatic heterocycles. The zero-order valence-corrected chi connectivity index (χ0v) is 41.9. The van der Waals surface area contributed by atoms with Crippen molar-refractivity contribution in [2.45, 2.75) is 250 Å². The monoisotopic (exact) mass is 945 g/mol. The highest BCUT2D eigenvalue weighted by molar-refractivity contribution is 5.74. The SMILES string of the molecule is CC/C=C\C/C=C\C/C=C\CCCCCC(=O)OCC(COC1OC(C(=O)O)C(O)C(O)C1OC(=O)CCCCCCC/C=C\CCCCCC)OC(=O)CCCCCCC/C=C\CCCC. The maximum atomic E-state index is 13.0. The molecule has 384 valence electrons. The molecule has 6 atom stereocenters. The number of allylic oxidation sites excluding steroid dienone is 10. The molecule has 0 amide bonds. The van der Waals surface area contributed by atoms with Crippen molar-refractivity contribution in [1.29, 1.82) is 0 Å². The van der Waals surface area contributed by atoms with Crippen LogP contribution in [0.25, 0.3) is 0 Å². The van der Waals surface area contributed by atoms with E-state index in [-0.39, 0.29) is 25.9 Å².